The lowest BCUT2D eigenvalue weighted by atomic mass is 9.88. The molecule has 88 valence electrons. The molecule has 16 heavy (non-hydrogen) atoms. The lowest BCUT2D eigenvalue weighted by Gasteiger charge is -2.16. The minimum atomic E-state index is -1.59. The molecule has 1 rings (SSSR count). The third kappa shape index (κ3) is 2.35. The summed E-state index contributed by atoms with van der Waals surface area (Å²) in [6.45, 7) is 3.22. The summed E-state index contributed by atoms with van der Waals surface area (Å²) in [5, 5.41) is 8.91. The van der Waals surface area contributed by atoms with Gasteiger partial charge in [0.05, 0.1) is 5.92 Å². The largest absolute Gasteiger partial charge is 0.481 e. The quantitative estimate of drug-likeness (QED) is 0.813. The van der Waals surface area contributed by atoms with E-state index in [1.807, 2.05) is 0 Å². The van der Waals surface area contributed by atoms with E-state index in [1.165, 1.54) is 0 Å². The van der Waals surface area contributed by atoms with Crippen molar-refractivity contribution < 1.29 is 23.1 Å². The van der Waals surface area contributed by atoms with Gasteiger partial charge in [0.25, 0.3) is 0 Å². The van der Waals surface area contributed by atoms with E-state index in [0.29, 0.717) is 0 Å². The van der Waals surface area contributed by atoms with Crippen LogP contribution < -0.4 is 0 Å². The van der Waals surface area contributed by atoms with Crippen LogP contribution in [-0.4, -0.2) is 11.1 Å². The number of aliphatic carboxylic acids is 1. The van der Waals surface area contributed by atoms with E-state index in [4.69, 9.17) is 5.11 Å². The predicted octanol–water partition coefficient (Wildman–Crippen LogP) is 2.93. The fourth-order valence-corrected chi connectivity index (χ4v) is 1.57. The van der Waals surface area contributed by atoms with Crippen LogP contribution in [0.1, 0.15) is 25.3 Å². The first-order chi connectivity index (χ1) is 7.34. The van der Waals surface area contributed by atoms with E-state index in [1.54, 1.807) is 13.8 Å². The maximum absolute atomic E-state index is 12.9. The van der Waals surface area contributed by atoms with Crippen molar-refractivity contribution in [3.05, 3.63) is 35.1 Å². The maximum atomic E-state index is 12.9. The highest BCUT2D eigenvalue weighted by Gasteiger charge is 2.26. The Hall–Kier alpha value is -1.52. The van der Waals surface area contributed by atoms with Crippen LogP contribution in [0, 0.1) is 23.4 Å². The van der Waals surface area contributed by atoms with Crippen molar-refractivity contribution in [1.82, 2.24) is 0 Å². The van der Waals surface area contributed by atoms with Crippen molar-refractivity contribution >= 4 is 5.97 Å². The van der Waals surface area contributed by atoms with Gasteiger partial charge in [0, 0.05) is 0 Å². The van der Waals surface area contributed by atoms with Gasteiger partial charge in [-0.2, -0.15) is 0 Å². The molecule has 0 saturated heterocycles. The van der Waals surface area contributed by atoms with Gasteiger partial charge in [0.15, 0.2) is 17.5 Å². The average Bonchev–Trinajstić information content (AvgIpc) is 2.12. The molecule has 0 aliphatic heterocycles. The van der Waals surface area contributed by atoms with E-state index in [0.717, 1.165) is 12.1 Å². The molecule has 5 heteroatoms. The van der Waals surface area contributed by atoms with Gasteiger partial charge in [-0.05, 0) is 23.6 Å². The number of rotatable bonds is 3. The van der Waals surface area contributed by atoms with Gasteiger partial charge in [-0.1, -0.05) is 13.8 Å². The normalized spacial score (nSPS) is 12.9. The zero-order chi connectivity index (χ0) is 12.5. The van der Waals surface area contributed by atoms with E-state index < -0.39 is 29.3 Å². The van der Waals surface area contributed by atoms with Gasteiger partial charge < -0.3 is 5.11 Å². The van der Waals surface area contributed by atoms with Crippen LogP contribution in [-0.2, 0) is 4.79 Å². The minimum Gasteiger partial charge on any atom is -0.481 e. The Labute approximate surface area is 90.7 Å². The van der Waals surface area contributed by atoms with Gasteiger partial charge >= 0.3 is 5.97 Å². The molecule has 0 fully saturated rings. The van der Waals surface area contributed by atoms with Crippen LogP contribution in [0.4, 0.5) is 13.2 Å². The Bertz CT molecular complexity index is 393. The van der Waals surface area contributed by atoms with Gasteiger partial charge in [-0.3, -0.25) is 4.79 Å². The molecule has 1 aromatic carbocycles. The van der Waals surface area contributed by atoms with E-state index >= 15 is 0 Å². The summed E-state index contributed by atoms with van der Waals surface area (Å²) in [6.07, 6.45) is 0. The third-order valence-corrected chi connectivity index (χ3v) is 2.30. The third-order valence-electron chi connectivity index (χ3n) is 2.30. The molecule has 1 unspecified atom stereocenters. The van der Waals surface area contributed by atoms with Gasteiger partial charge in [-0.15, -0.1) is 0 Å². The molecule has 0 heterocycles. The van der Waals surface area contributed by atoms with Crippen molar-refractivity contribution in [3.8, 4) is 0 Å². The summed E-state index contributed by atoms with van der Waals surface area (Å²) in [4.78, 5) is 10.9. The highest BCUT2D eigenvalue weighted by atomic mass is 19.2. The molecule has 0 aliphatic rings. The number of carbonyl (C=O) groups is 1. The van der Waals surface area contributed by atoms with E-state index in [9.17, 15) is 18.0 Å². The molecular formula is C11H11F3O2. The fourth-order valence-electron chi connectivity index (χ4n) is 1.57. The first-order valence-corrected chi connectivity index (χ1v) is 4.71. The summed E-state index contributed by atoms with van der Waals surface area (Å²) < 4.78 is 38.5. The Morgan fingerprint density at radius 3 is 1.94 bits per heavy atom. The molecule has 1 atom stereocenters. The first-order valence-electron chi connectivity index (χ1n) is 4.71. The molecule has 0 aromatic heterocycles. The van der Waals surface area contributed by atoms with E-state index in [2.05, 4.69) is 0 Å². The fraction of sp³-hybridized carbons (Fsp3) is 0.364. The molecule has 0 radical (unpaired) electrons. The molecule has 0 aliphatic carbocycles. The molecule has 0 spiro atoms. The van der Waals surface area contributed by atoms with Crippen LogP contribution in [0.25, 0.3) is 0 Å². The Balaban J connectivity index is 3.26. The number of halogens is 3. The Kier molecular flexibility index (Phi) is 3.57. The van der Waals surface area contributed by atoms with Crippen LogP contribution in [0.2, 0.25) is 0 Å². The smallest absolute Gasteiger partial charge is 0.311 e. The number of carboxylic acids is 1. The second-order valence-electron chi connectivity index (χ2n) is 3.86. The summed E-state index contributed by atoms with van der Waals surface area (Å²) in [5.74, 6) is -6.92. The summed E-state index contributed by atoms with van der Waals surface area (Å²) in [6, 6.07) is 1.44. The zero-order valence-electron chi connectivity index (χ0n) is 8.80. The van der Waals surface area contributed by atoms with Crippen LogP contribution in [0.3, 0.4) is 0 Å². The average molecular weight is 232 g/mol. The van der Waals surface area contributed by atoms with Gasteiger partial charge in [0.2, 0.25) is 0 Å². The van der Waals surface area contributed by atoms with Crippen molar-refractivity contribution in [1.29, 1.82) is 0 Å². The Morgan fingerprint density at radius 2 is 1.62 bits per heavy atom. The SMILES string of the molecule is CC(C)C(C(=O)O)c1cc(F)c(F)c(F)c1. The number of hydrogen-bond acceptors (Lipinski definition) is 1. The summed E-state index contributed by atoms with van der Waals surface area (Å²) in [5.41, 5.74) is -0.0705. The molecule has 1 N–H and O–H groups in total. The second-order valence-corrected chi connectivity index (χ2v) is 3.86. The number of hydrogen-bond donors (Lipinski definition) is 1. The number of benzene rings is 1. The number of carboxylic acid groups (broad SMARTS) is 1. The maximum Gasteiger partial charge on any atom is 0.311 e. The lowest BCUT2D eigenvalue weighted by molar-refractivity contribution is -0.139. The standard InChI is InChI=1S/C11H11F3O2/c1-5(2)9(11(15)16)6-3-7(12)10(14)8(13)4-6/h3-5,9H,1-2H3,(H,15,16). The van der Waals surface area contributed by atoms with Crippen LogP contribution >= 0.6 is 0 Å². The Morgan fingerprint density at radius 1 is 1.19 bits per heavy atom. The molecular weight excluding hydrogens is 221 g/mol. The summed E-state index contributed by atoms with van der Waals surface area (Å²) in [7, 11) is 0. The van der Waals surface area contributed by atoms with Crippen molar-refractivity contribution in [2.45, 2.75) is 19.8 Å². The zero-order valence-corrected chi connectivity index (χ0v) is 8.80. The molecule has 0 saturated carbocycles. The first kappa shape index (κ1) is 12.5. The van der Waals surface area contributed by atoms with Crippen molar-refractivity contribution in [2.75, 3.05) is 0 Å². The lowest BCUT2D eigenvalue weighted by Crippen LogP contribution is -2.18. The molecule has 0 amide bonds. The molecule has 2 nitrogen and oxygen atoms in total. The summed E-state index contributed by atoms with van der Waals surface area (Å²) >= 11 is 0. The van der Waals surface area contributed by atoms with Gasteiger partial charge in [0.1, 0.15) is 0 Å². The molecule has 1 aromatic rings. The predicted molar refractivity (Wildman–Crippen MR) is 51.5 cm³/mol. The van der Waals surface area contributed by atoms with Crippen molar-refractivity contribution in [3.63, 3.8) is 0 Å². The van der Waals surface area contributed by atoms with E-state index in [-0.39, 0.29) is 11.5 Å². The monoisotopic (exact) mass is 232 g/mol. The minimum absolute atomic E-state index is 0.0705. The highest BCUT2D eigenvalue weighted by Crippen LogP contribution is 2.27. The van der Waals surface area contributed by atoms with Gasteiger partial charge in [-0.25, -0.2) is 13.2 Å². The van der Waals surface area contributed by atoms with Crippen LogP contribution in [0.5, 0.6) is 0 Å². The highest BCUT2D eigenvalue weighted by molar-refractivity contribution is 5.76. The molecule has 0 bridgehead atoms. The topological polar surface area (TPSA) is 37.3 Å². The van der Waals surface area contributed by atoms with Crippen molar-refractivity contribution in [2.24, 2.45) is 5.92 Å². The second kappa shape index (κ2) is 4.55. The van der Waals surface area contributed by atoms with Crippen LogP contribution in [0.15, 0.2) is 12.1 Å².